The van der Waals surface area contributed by atoms with Gasteiger partial charge in [-0.3, -0.25) is 0 Å². The summed E-state index contributed by atoms with van der Waals surface area (Å²) < 4.78 is 10.8. The summed E-state index contributed by atoms with van der Waals surface area (Å²) >= 11 is 0. The van der Waals surface area contributed by atoms with Crippen LogP contribution in [0.2, 0.25) is 0 Å². The second kappa shape index (κ2) is 4.12. The van der Waals surface area contributed by atoms with E-state index in [1.54, 1.807) is 19.2 Å². The highest BCUT2D eigenvalue weighted by atomic mass is 16.6. The van der Waals surface area contributed by atoms with Crippen LogP contribution in [-0.4, -0.2) is 13.1 Å². The van der Waals surface area contributed by atoms with Crippen molar-refractivity contribution >= 4 is 5.97 Å². The lowest BCUT2D eigenvalue weighted by Crippen LogP contribution is -2.23. The van der Waals surface area contributed by atoms with Gasteiger partial charge in [-0.1, -0.05) is 30.3 Å². The summed E-state index contributed by atoms with van der Waals surface area (Å²) in [6, 6.07) is 15.1. The Morgan fingerprint density at radius 1 is 1.11 bits per heavy atom. The van der Waals surface area contributed by atoms with E-state index >= 15 is 0 Å². The van der Waals surface area contributed by atoms with E-state index in [9.17, 15) is 4.79 Å². The Morgan fingerprint density at radius 2 is 1.84 bits per heavy atom. The fourth-order valence-corrected chi connectivity index (χ4v) is 2.49. The Kier molecular flexibility index (Phi) is 2.56. The Bertz CT molecular complexity index is 634. The van der Waals surface area contributed by atoms with Crippen LogP contribution in [0.3, 0.4) is 0 Å². The van der Waals surface area contributed by atoms with Crippen LogP contribution in [0.4, 0.5) is 0 Å². The highest BCUT2D eigenvalue weighted by Gasteiger charge is 2.43. The molecule has 0 spiro atoms. The van der Waals surface area contributed by atoms with Crippen molar-refractivity contribution < 1.29 is 14.3 Å². The van der Waals surface area contributed by atoms with Gasteiger partial charge in [0, 0.05) is 5.56 Å². The van der Waals surface area contributed by atoms with Crippen molar-refractivity contribution in [3.63, 3.8) is 0 Å². The molecule has 3 rings (SSSR count). The minimum absolute atomic E-state index is 0.288. The predicted octanol–water partition coefficient (Wildman–Crippen LogP) is 3.13. The zero-order valence-electron chi connectivity index (χ0n) is 10.8. The van der Waals surface area contributed by atoms with Crippen molar-refractivity contribution in [3.05, 3.63) is 65.2 Å². The molecule has 0 bridgehead atoms. The lowest BCUT2D eigenvalue weighted by atomic mass is 9.87. The smallest absolute Gasteiger partial charge is 0.339 e. The summed E-state index contributed by atoms with van der Waals surface area (Å²) in [5.41, 5.74) is 1.66. The van der Waals surface area contributed by atoms with Crippen LogP contribution < -0.4 is 4.74 Å². The molecular weight excluding hydrogens is 240 g/mol. The molecule has 1 aliphatic heterocycles. The van der Waals surface area contributed by atoms with Gasteiger partial charge < -0.3 is 9.47 Å². The van der Waals surface area contributed by atoms with Crippen molar-refractivity contribution in [1.29, 1.82) is 0 Å². The first-order chi connectivity index (χ1) is 9.15. The molecule has 1 aliphatic rings. The minimum Gasteiger partial charge on any atom is -0.497 e. The number of hydrogen-bond donors (Lipinski definition) is 0. The molecule has 19 heavy (non-hydrogen) atoms. The Balaban J connectivity index is 2.20. The van der Waals surface area contributed by atoms with Crippen LogP contribution in [0.25, 0.3) is 0 Å². The zero-order valence-corrected chi connectivity index (χ0v) is 10.8. The second-order valence-corrected chi connectivity index (χ2v) is 4.70. The Hall–Kier alpha value is -2.29. The SMILES string of the molecule is COc1ccc2c(c1)C(C)(c1ccccc1)OC2=O. The highest BCUT2D eigenvalue weighted by molar-refractivity contribution is 5.95. The molecule has 0 aromatic heterocycles. The van der Waals surface area contributed by atoms with Gasteiger partial charge in [-0.25, -0.2) is 4.79 Å². The molecule has 3 nitrogen and oxygen atoms in total. The molecule has 2 aromatic carbocycles. The minimum atomic E-state index is -0.748. The number of hydrogen-bond acceptors (Lipinski definition) is 3. The number of ether oxygens (including phenoxy) is 2. The topological polar surface area (TPSA) is 35.5 Å². The fourth-order valence-electron chi connectivity index (χ4n) is 2.49. The molecule has 0 saturated heterocycles. The summed E-state index contributed by atoms with van der Waals surface area (Å²) in [5, 5.41) is 0. The lowest BCUT2D eigenvalue weighted by Gasteiger charge is -2.24. The summed E-state index contributed by atoms with van der Waals surface area (Å²) in [6.45, 7) is 1.91. The van der Waals surface area contributed by atoms with Gasteiger partial charge in [-0.2, -0.15) is 0 Å². The van der Waals surface area contributed by atoms with Crippen LogP contribution in [0.15, 0.2) is 48.5 Å². The Labute approximate surface area is 111 Å². The van der Waals surface area contributed by atoms with Crippen molar-refractivity contribution in [3.8, 4) is 5.75 Å². The summed E-state index contributed by atoms with van der Waals surface area (Å²) in [6.07, 6.45) is 0. The van der Waals surface area contributed by atoms with Crippen molar-refractivity contribution in [1.82, 2.24) is 0 Å². The molecule has 0 radical (unpaired) electrons. The number of fused-ring (bicyclic) bond motifs is 1. The number of cyclic esters (lactones) is 1. The van der Waals surface area contributed by atoms with E-state index in [1.807, 2.05) is 43.3 Å². The fraction of sp³-hybridized carbons (Fsp3) is 0.188. The van der Waals surface area contributed by atoms with Crippen LogP contribution in [0.5, 0.6) is 5.75 Å². The number of esters is 1. The van der Waals surface area contributed by atoms with Gasteiger partial charge in [0.05, 0.1) is 12.7 Å². The maximum Gasteiger partial charge on any atom is 0.339 e. The number of carbonyl (C=O) groups is 1. The summed E-state index contributed by atoms with van der Waals surface area (Å²) in [5.74, 6) is 0.434. The quantitative estimate of drug-likeness (QED) is 0.772. The molecule has 0 aliphatic carbocycles. The third-order valence-corrected chi connectivity index (χ3v) is 3.58. The first-order valence-electron chi connectivity index (χ1n) is 6.12. The molecule has 1 atom stereocenters. The van der Waals surface area contributed by atoms with E-state index in [0.29, 0.717) is 5.56 Å². The molecule has 3 heteroatoms. The van der Waals surface area contributed by atoms with Crippen molar-refractivity contribution in [2.75, 3.05) is 7.11 Å². The van der Waals surface area contributed by atoms with Crippen LogP contribution in [-0.2, 0) is 10.3 Å². The maximum atomic E-state index is 12.0. The van der Waals surface area contributed by atoms with E-state index in [2.05, 4.69) is 0 Å². The van der Waals surface area contributed by atoms with Crippen molar-refractivity contribution in [2.24, 2.45) is 0 Å². The van der Waals surface area contributed by atoms with Gasteiger partial charge in [0.25, 0.3) is 0 Å². The highest BCUT2D eigenvalue weighted by Crippen LogP contribution is 2.42. The average molecular weight is 254 g/mol. The van der Waals surface area contributed by atoms with Gasteiger partial charge in [-0.05, 0) is 30.7 Å². The lowest BCUT2D eigenvalue weighted by molar-refractivity contribution is 0.0180. The van der Waals surface area contributed by atoms with E-state index in [4.69, 9.17) is 9.47 Å². The molecule has 2 aromatic rings. The monoisotopic (exact) mass is 254 g/mol. The normalized spacial score (nSPS) is 20.8. The predicted molar refractivity (Wildman–Crippen MR) is 71.3 cm³/mol. The largest absolute Gasteiger partial charge is 0.497 e. The molecule has 96 valence electrons. The van der Waals surface area contributed by atoms with Gasteiger partial charge in [0.15, 0.2) is 5.60 Å². The molecule has 1 heterocycles. The van der Waals surface area contributed by atoms with Gasteiger partial charge in [-0.15, -0.1) is 0 Å². The maximum absolute atomic E-state index is 12.0. The standard InChI is InChI=1S/C16H14O3/c1-16(11-6-4-3-5-7-11)14-10-12(18-2)8-9-13(14)15(17)19-16/h3-10H,1-2H3. The zero-order chi connectivity index (χ0) is 13.5. The third kappa shape index (κ3) is 1.70. The number of methoxy groups -OCH3 is 1. The van der Waals surface area contributed by atoms with E-state index < -0.39 is 5.60 Å². The summed E-state index contributed by atoms with van der Waals surface area (Å²) in [4.78, 5) is 12.0. The van der Waals surface area contributed by atoms with Crippen LogP contribution in [0, 0.1) is 0 Å². The van der Waals surface area contributed by atoms with E-state index in [1.165, 1.54) is 0 Å². The molecule has 0 amide bonds. The third-order valence-electron chi connectivity index (χ3n) is 3.58. The van der Waals surface area contributed by atoms with Gasteiger partial charge in [0.1, 0.15) is 5.75 Å². The first-order valence-corrected chi connectivity index (χ1v) is 6.12. The summed E-state index contributed by atoms with van der Waals surface area (Å²) in [7, 11) is 1.61. The van der Waals surface area contributed by atoms with Gasteiger partial charge in [0.2, 0.25) is 0 Å². The Morgan fingerprint density at radius 3 is 2.53 bits per heavy atom. The van der Waals surface area contributed by atoms with Gasteiger partial charge >= 0.3 is 5.97 Å². The molecule has 0 N–H and O–H groups in total. The van der Waals surface area contributed by atoms with Crippen LogP contribution >= 0.6 is 0 Å². The molecule has 0 fully saturated rings. The number of rotatable bonds is 2. The first kappa shape index (κ1) is 11.8. The number of benzene rings is 2. The van der Waals surface area contributed by atoms with Crippen LogP contribution in [0.1, 0.15) is 28.4 Å². The van der Waals surface area contributed by atoms with E-state index in [-0.39, 0.29) is 5.97 Å². The van der Waals surface area contributed by atoms with Crippen molar-refractivity contribution in [2.45, 2.75) is 12.5 Å². The molecule has 0 saturated carbocycles. The average Bonchev–Trinajstić information content (AvgIpc) is 2.72. The molecular formula is C16H14O3. The number of carbonyl (C=O) groups excluding carboxylic acids is 1. The molecule has 1 unspecified atom stereocenters. The second-order valence-electron chi connectivity index (χ2n) is 4.70. The van der Waals surface area contributed by atoms with E-state index in [0.717, 1.165) is 16.9 Å².